The molecule has 2 rings (SSSR count). The molecule has 0 radical (unpaired) electrons. The van der Waals surface area contributed by atoms with Crippen LogP contribution in [0, 0.1) is 11.3 Å². The topological polar surface area (TPSA) is 38.5 Å². The van der Waals surface area contributed by atoms with Crippen molar-refractivity contribution in [2.45, 2.75) is 45.6 Å². The van der Waals surface area contributed by atoms with E-state index in [1.54, 1.807) is 0 Å². The predicted molar refractivity (Wildman–Crippen MR) is 71.0 cm³/mol. The maximum atomic E-state index is 5.86. The Balaban J connectivity index is 1.78. The zero-order valence-corrected chi connectivity index (χ0v) is 11.5. The van der Waals surface area contributed by atoms with Gasteiger partial charge in [-0.15, -0.1) is 0 Å². The number of hydrogen-bond acceptors (Lipinski definition) is 3. The van der Waals surface area contributed by atoms with Gasteiger partial charge in [0.05, 0.1) is 6.10 Å². The van der Waals surface area contributed by atoms with E-state index >= 15 is 0 Å². The van der Waals surface area contributed by atoms with Crippen LogP contribution in [-0.2, 0) is 4.74 Å². The second kappa shape index (κ2) is 5.68. The van der Waals surface area contributed by atoms with E-state index in [0.717, 1.165) is 25.5 Å². The normalized spacial score (nSPS) is 39.7. The molecule has 2 aliphatic heterocycles. The molecule has 3 nitrogen and oxygen atoms in total. The minimum atomic E-state index is 0.370. The third kappa shape index (κ3) is 3.43. The Morgan fingerprint density at radius 1 is 1.47 bits per heavy atom. The van der Waals surface area contributed by atoms with Crippen molar-refractivity contribution in [3.05, 3.63) is 0 Å². The first-order valence-corrected chi connectivity index (χ1v) is 7.19. The van der Waals surface area contributed by atoms with Gasteiger partial charge in [-0.05, 0) is 50.1 Å². The van der Waals surface area contributed by atoms with E-state index < -0.39 is 0 Å². The van der Waals surface area contributed by atoms with Gasteiger partial charge in [0, 0.05) is 19.7 Å². The van der Waals surface area contributed by atoms with Crippen LogP contribution in [0.1, 0.15) is 39.5 Å². The van der Waals surface area contributed by atoms with Gasteiger partial charge in [-0.25, -0.2) is 0 Å². The summed E-state index contributed by atoms with van der Waals surface area (Å²) in [6, 6.07) is 0. The lowest BCUT2D eigenvalue weighted by atomic mass is 9.90. The number of ether oxygens (including phenoxy) is 1. The molecule has 0 bridgehead atoms. The maximum Gasteiger partial charge on any atom is 0.0575 e. The summed E-state index contributed by atoms with van der Waals surface area (Å²) in [6.45, 7) is 10.0. The van der Waals surface area contributed by atoms with Crippen LogP contribution in [-0.4, -0.2) is 43.8 Å². The van der Waals surface area contributed by atoms with Crippen molar-refractivity contribution in [2.75, 3.05) is 32.8 Å². The second-order valence-corrected chi connectivity index (χ2v) is 6.29. The summed E-state index contributed by atoms with van der Waals surface area (Å²) in [5.74, 6) is 0.842. The fourth-order valence-electron chi connectivity index (χ4n) is 3.22. The average molecular weight is 240 g/mol. The molecule has 0 amide bonds. The molecule has 17 heavy (non-hydrogen) atoms. The quantitative estimate of drug-likeness (QED) is 0.815. The van der Waals surface area contributed by atoms with Gasteiger partial charge in [-0.1, -0.05) is 13.8 Å². The van der Waals surface area contributed by atoms with Crippen molar-refractivity contribution < 1.29 is 4.74 Å². The molecular weight excluding hydrogens is 212 g/mol. The molecule has 2 aliphatic rings. The van der Waals surface area contributed by atoms with E-state index in [9.17, 15) is 0 Å². The molecule has 2 fully saturated rings. The first kappa shape index (κ1) is 13.3. The Labute approximate surface area is 106 Å². The first-order chi connectivity index (χ1) is 8.15. The summed E-state index contributed by atoms with van der Waals surface area (Å²) in [6.07, 6.45) is 5.44. The molecule has 0 aliphatic carbocycles. The standard InChI is InChI=1S/C14H28N2O/c1-3-13-8-12(4-7-17-13)9-16-6-5-14(2,10-15)11-16/h12-13H,3-11,15H2,1-2H3. The third-order valence-corrected chi connectivity index (χ3v) is 4.58. The van der Waals surface area contributed by atoms with Crippen LogP contribution < -0.4 is 5.73 Å². The van der Waals surface area contributed by atoms with Crippen LogP contribution >= 0.6 is 0 Å². The van der Waals surface area contributed by atoms with Gasteiger partial charge < -0.3 is 15.4 Å². The number of nitrogens with zero attached hydrogens (tertiary/aromatic N) is 1. The first-order valence-electron chi connectivity index (χ1n) is 7.19. The summed E-state index contributed by atoms with van der Waals surface area (Å²) in [5.41, 5.74) is 6.23. The molecule has 0 aromatic carbocycles. The van der Waals surface area contributed by atoms with Crippen molar-refractivity contribution in [3.8, 4) is 0 Å². The third-order valence-electron chi connectivity index (χ3n) is 4.58. The monoisotopic (exact) mass is 240 g/mol. The fraction of sp³-hybridized carbons (Fsp3) is 1.00. The number of nitrogens with two attached hydrogens (primary N) is 1. The molecule has 3 atom stereocenters. The van der Waals surface area contributed by atoms with Gasteiger partial charge in [0.1, 0.15) is 0 Å². The van der Waals surface area contributed by atoms with E-state index in [4.69, 9.17) is 10.5 Å². The zero-order chi connectivity index (χ0) is 12.3. The van der Waals surface area contributed by atoms with E-state index in [1.165, 1.54) is 38.9 Å². The summed E-state index contributed by atoms with van der Waals surface area (Å²) >= 11 is 0. The largest absolute Gasteiger partial charge is 0.378 e. The van der Waals surface area contributed by atoms with Gasteiger partial charge in [-0.3, -0.25) is 0 Å². The van der Waals surface area contributed by atoms with E-state index in [2.05, 4.69) is 18.7 Å². The van der Waals surface area contributed by atoms with Crippen LogP contribution in [0.25, 0.3) is 0 Å². The lowest BCUT2D eigenvalue weighted by molar-refractivity contribution is -0.0168. The van der Waals surface area contributed by atoms with Crippen LogP contribution in [0.5, 0.6) is 0 Å². The van der Waals surface area contributed by atoms with Crippen LogP contribution in [0.15, 0.2) is 0 Å². The van der Waals surface area contributed by atoms with Crippen molar-refractivity contribution in [2.24, 2.45) is 17.1 Å². The van der Waals surface area contributed by atoms with Crippen molar-refractivity contribution in [1.29, 1.82) is 0 Å². The van der Waals surface area contributed by atoms with Gasteiger partial charge in [-0.2, -0.15) is 0 Å². The minimum Gasteiger partial charge on any atom is -0.378 e. The summed E-state index contributed by atoms with van der Waals surface area (Å²) in [4.78, 5) is 2.62. The van der Waals surface area contributed by atoms with E-state index in [0.29, 0.717) is 11.5 Å². The Morgan fingerprint density at radius 3 is 2.94 bits per heavy atom. The Hall–Kier alpha value is -0.120. The molecule has 0 aromatic rings. The average Bonchev–Trinajstić information content (AvgIpc) is 2.72. The van der Waals surface area contributed by atoms with Crippen LogP contribution in [0.4, 0.5) is 0 Å². The Kier molecular flexibility index (Phi) is 4.45. The van der Waals surface area contributed by atoms with Crippen molar-refractivity contribution in [1.82, 2.24) is 4.90 Å². The number of rotatable bonds is 4. The molecular formula is C14H28N2O. The molecule has 0 aromatic heterocycles. The van der Waals surface area contributed by atoms with Crippen LogP contribution in [0.3, 0.4) is 0 Å². The molecule has 100 valence electrons. The lowest BCUT2D eigenvalue weighted by Crippen LogP contribution is -2.36. The lowest BCUT2D eigenvalue weighted by Gasteiger charge is -2.32. The second-order valence-electron chi connectivity index (χ2n) is 6.29. The Bertz CT molecular complexity index is 246. The van der Waals surface area contributed by atoms with Crippen LogP contribution in [0.2, 0.25) is 0 Å². The fourth-order valence-corrected chi connectivity index (χ4v) is 3.22. The van der Waals surface area contributed by atoms with Gasteiger partial charge in [0.15, 0.2) is 0 Å². The number of hydrogen-bond donors (Lipinski definition) is 1. The zero-order valence-electron chi connectivity index (χ0n) is 11.5. The predicted octanol–water partition coefficient (Wildman–Crippen LogP) is 1.86. The van der Waals surface area contributed by atoms with E-state index in [1.807, 2.05) is 0 Å². The van der Waals surface area contributed by atoms with Crippen molar-refractivity contribution >= 4 is 0 Å². The van der Waals surface area contributed by atoms with E-state index in [-0.39, 0.29) is 0 Å². The molecule has 3 heteroatoms. The highest BCUT2D eigenvalue weighted by molar-refractivity contribution is 4.88. The molecule has 2 N–H and O–H groups in total. The molecule has 0 spiro atoms. The molecule has 3 unspecified atom stereocenters. The molecule has 2 saturated heterocycles. The smallest absolute Gasteiger partial charge is 0.0575 e. The SMILES string of the molecule is CCC1CC(CN2CCC(C)(CN)C2)CCO1. The summed E-state index contributed by atoms with van der Waals surface area (Å²) in [5, 5.41) is 0. The highest BCUT2D eigenvalue weighted by atomic mass is 16.5. The van der Waals surface area contributed by atoms with Gasteiger partial charge in [0.2, 0.25) is 0 Å². The highest BCUT2D eigenvalue weighted by Crippen LogP contribution is 2.31. The summed E-state index contributed by atoms with van der Waals surface area (Å²) < 4.78 is 5.75. The molecule has 2 heterocycles. The van der Waals surface area contributed by atoms with Gasteiger partial charge in [0.25, 0.3) is 0 Å². The maximum absolute atomic E-state index is 5.86. The minimum absolute atomic E-state index is 0.370. The van der Waals surface area contributed by atoms with Crippen molar-refractivity contribution in [3.63, 3.8) is 0 Å². The number of likely N-dealkylation sites (tertiary alicyclic amines) is 1. The summed E-state index contributed by atoms with van der Waals surface area (Å²) in [7, 11) is 0. The molecule has 0 saturated carbocycles. The van der Waals surface area contributed by atoms with Gasteiger partial charge >= 0.3 is 0 Å². The Morgan fingerprint density at radius 2 is 2.29 bits per heavy atom. The highest BCUT2D eigenvalue weighted by Gasteiger charge is 2.34.